The Kier molecular flexibility index (Phi) is 9.66. The quantitative estimate of drug-likeness (QED) is 0.407. The van der Waals surface area contributed by atoms with Gasteiger partial charge in [0.05, 0.1) is 5.69 Å². The Labute approximate surface area is 226 Å². The van der Waals surface area contributed by atoms with Gasteiger partial charge in [-0.1, -0.05) is 72.8 Å². The molecule has 0 saturated heterocycles. The predicted molar refractivity (Wildman–Crippen MR) is 151 cm³/mol. The van der Waals surface area contributed by atoms with Gasteiger partial charge in [-0.3, -0.25) is 9.59 Å². The van der Waals surface area contributed by atoms with Crippen LogP contribution in [0.2, 0.25) is 0 Å². The second-order valence-corrected chi connectivity index (χ2v) is 11.5. The minimum absolute atomic E-state index is 0.146. The van der Waals surface area contributed by atoms with E-state index in [0.717, 1.165) is 30.9 Å². The third kappa shape index (κ3) is 6.99. The summed E-state index contributed by atoms with van der Waals surface area (Å²) in [7, 11) is 0.374. The van der Waals surface area contributed by atoms with Crippen LogP contribution in [0.15, 0.2) is 78.9 Å². The number of amides is 2. The van der Waals surface area contributed by atoms with E-state index < -0.39 is 28.7 Å². The van der Waals surface area contributed by atoms with Gasteiger partial charge >= 0.3 is 10.2 Å². The molecular weight excluding hydrogens is 500 g/mol. The van der Waals surface area contributed by atoms with E-state index in [4.69, 9.17) is 0 Å². The summed E-state index contributed by atoms with van der Waals surface area (Å²) in [6, 6.07) is 23.4. The lowest BCUT2D eigenvalue weighted by Crippen LogP contribution is -2.54. The highest BCUT2D eigenvalue weighted by Gasteiger charge is 2.34. The lowest BCUT2D eigenvalue weighted by molar-refractivity contribution is -0.139. The minimum Gasteiger partial charge on any atom is -0.357 e. The van der Waals surface area contributed by atoms with Crippen LogP contribution in [-0.4, -0.2) is 63.2 Å². The normalized spacial score (nSPS) is 12.2. The Hall–Kier alpha value is -3.69. The fraction of sp³-hybridized carbons (Fsp3) is 0.310. The van der Waals surface area contributed by atoms with Gasteiger partial charge in [-0.25, -0.2) is 4.31 Å². The van der Waals surface area contributed by atoms with Crippen molar-refractivity contribution >= 4 is 27.7 Å². The topological polar surface area (TPSA) is 90.0 Å². The fourth-order valence-corrected chi connectivity index (χ4v) is 5.30. The van der Waals surface area contributed by atoms with E-state index in [1.54, 1.807) is 6.07 Å². The van der Waals surface area contributed by atoms with Crippen LogP contribution in [0.4, 0.5) is 5.69 Å². The lowest BCUT2D eigenvalue weighted by Gasteiger charge is -2.34. The molecule has 0 aliphatic carbocycles. The Morgan fingerprint density at radius 3 is 2.00 bits per heavy atom. The molecule has 0 aromatic heterocycles. The summed E-state index contributed by atoms with van der Waals surface area (Å²) in [5.41, 5.74) is 3.73. The number of carbonyl (C=O) groups is 2. The minimum atomic E-state index is -4.02. The zero-order valence-electron chi connectivity index (χ0n) is 22.6. The third-order valence-corrected chi connectivity index (χ3v) is 8.17. The van der Waals surface area contributed by atoms with Crippen molar-refractivity contribution in [3.8, 4) is 0 Å². The van der Waals surface area contributed by atoms with Gasteiger partial charge < -0.3 is 10.2 Å². The lowest BCUT2D eigenvalue weighted by atomic mass is 10.0. The number of benzene rings is 3. The molecule has 0 spiro atoms. The summed E-state index contributed by atoms with van der Waals surface area (Å²) in [4.78, 5) is 28.7. The number of hydrogen-bond donors (Lipinski definition) is 1. The van der Waals surface area contributed by atoms with Crippen molar-refractivity contribution in [3.63, 3.8) is 0 Å². The van der Waals surface area contributed by atoms with E-state index in [0.29, 0.717) is 5.69 Å². The molecule has 0 fully saturated rings. The van der Waals surface area contributed by atoms with E-state index in [1.807, 2.05) is 86.6 Å². The van der Waals surface area contributed by atoms with Gasteiger partial charge in [-0.15, -0.1) is 0 Å². The number of rotatable bonds is 11. The molecule has 0 unspecified atom stereocenters. The highest BCUT2D eigenvalue weighted by atomic mass is 32.2. The third-order valence-electron chi connectivity index (χ3n) is 6.37. The smallest absolute Gasteiger partial charge is 0.304 e. The number of carbonyl (C=O) groups excluding carboxylic acids is 2. The molecule has 8 nitrogen and oxygen atoms in total. The van der Waals surface area contributed by atoms with E-state index in [2.05, 4.69) is 5.32 Å². The zero-order chi connectivity index (χ0) is 27.9. The van der Waals surface area contributed by atoms with E-state index in [1.165, 1.54) is 26.0 Å². The average molecular weight is 537 g/mol. The Balaban J connectivity index is 2.08. The van der Waals surface area contributed by atoms with E-state index in [-0.39, 0.29) is 18.9 Å². The molecule has 0 aliphatic rings. The zero-order valence-corrected chi connectivity index (χ0v) is 23.4. The van der Waals surface area contributed by atoms with Crippen LogP contribution >= 0.6 is 0 Å². The maximum atomic E-state index is 14.1. The Bertz CT molecular complexity index is 1350. The first-order valence-electron chi connectivity index (χ1n) is 12.4. The summed E-state index contributed by atoms with van der Waals surface area (Å²) in [5, 5.41) is 2.68. The molecule has 0 bridgehead atoms. The maximum absolute atomic E-state index is 14.1. The summed E-state index contributed by atoms with van der Waals surface area (Å²) in [5.74, 6) is -0.809. The Morgan fingerprint density at radius 1 is 0.868 bits per heavy atom. The largest absolute Gasteiger partial charge is 0.357 e. The van der Waals surface area contributed by atoms with Gasteiger partial charge in [0.1, 0.15) is 12.6 Å². The maximum Gasteiger partial charge on any atom is 0.304 e. The number of nitrogens with zero attached hydrogens (tertiary/aromatic N) is 3. The van der Waals surface area contributed by atoms with E-state index in [9.17, 15) is 18.0 Å². The van der Waals surface area contributed by atoms with Crippen molar-refractivity contribution in [2.24, 2.45) is 0 Å². The summed E-state index contributed by atoms with van der Waals surface area (Å²) in [6.45, 7) is 3.36. The number of likely N-dealkylation sites (N-methyl/N-ethyl adjacent to an activating group) is 1. The summed E-state index contributed by atoms with van der Waals surface area (Å²) >= 11 is 0. The van der Waals surface area contributed by atoms with Gasteiger partial charge in [-0.05, 0) is 42.2 Å². The molecule has 0 saturated carbocycles. The van der Waals surface area contributed by atoms with Gasteiger partial charge in [0.2, 0.25) is 11.8 Å². The van der Waals surface area contributed by atoms with Crippen LogP contribution in [0.3, 0.4) is 0 Å². The van der Waals surface area contributed by atoms with Crippen molar-refractivity contribution in [1.29, 1.82) is 0 Å². The van der Waals surface area contributed by atoms with Crippen LogP contribution in [-0.2, 0) is 32.8 Å². The Morgan fingerprint density at radius 2 is 1.45 bits per heavy atom. The van der Waals surface area contributed by atoms with Crippen molar-refractivity contribution in [2.45, 2.75) is 32.9 Å². The van der Waals surface area contributed by atoms with E-state index >= 15 is 0 Å². The second kappa shape index (κ2) is 12.7. The predicted octanol–water partition coefficient (Wildman–Crippen LogP) is 3.30. The van der Waals surface area contributed by atoms with Crippen LogP contribution in [0.5, 0.6) is 0 Å². The molecule has 202 valence electrons. The second-order valence-electron chi connectivity index (χ2n) is 9.41. The number of nitrogens with one attached hydrogen (secondary N) is 1. The number of aryl methyl sites for hydroxylation is 2. The molecule has 3 aromatic carbocycles. The van der Waals surface area contributed by atoms with Crippen molar-refractivity contribution in [2.75, 3.05) is 32.0 Å². The SMILES string of the molecule is CNC(=O)[C@@H](Cc1ccccc1)N(Cc1ccccc1)C(=O)CN(c1cc(C)ccc1C)S(=O)(=O)N(C)C. The van der Waals surface area contributed by atoms with Crippen molar-refractivity contribution in [3.05, 3.63) is 101 Å². The molecule has 2 amide bonds. The highest BCUT2D eigenvalue weighted by Crippen LogP contribution is 2.26. The van der Waals surface area contributed by atoms with Crippen molar-refractivity contribution in [1.82, 2.24) is 14.5 Å². The van der Waals surface area contributed by atoms with Gasteiger partial charge in [-0.2, -0.15) is 12.7 Å². The van der Waals surface area contributed by atoms with Crippen LogP contribution in [0.25, 0.3) is 0 Å². The number of hydrogen-bond acceptors (Lipinski definition) is 4. The van der Waals surface area contributed by atoms with Crippen LogP contribution in [0, 0.1) is 13.8 Å². The first kappa shape index (κ1) is 28.9. The van der Waals surface area contributed by atoms with Gasteiger partial charge in [0, 0.05) is 34.1 Å². The highest BCUT2D eigenvalue weighted by molar-refractivity contribution is 7.90. The molecule has 3 aromatic rings. The van der Waals surface area contributed by atoms with Crippen LogP contribution in [0.1, 0.15) is 22.3 Å². The monoisotopic (exact) mass is 536 g/mol. The molecule has 0 heterocycles. The summed E-state index contributed by atoms with van der Waals surface area (Å²) < 4.78 is 29.1. The molecule has 0 aliphatic heterocycles. The molecule has 3 rings (SSSR count). The molecular formula is C29H36N4O4S. The van der Waals surface area contributed by atoms with Crippen molar-refractivity contribution < 1.29 is 18.0 Å². The first-order valence-corrected chi connectivity index (χ1v) is 13.8. The first-order chi connectivity index (χ1) is 18.0. The van der Waals surface area contributed by atoms with Gasteiger partial charge in [0.15, 0.2) is 0 Å². The molecule has 1 atom stereocenters. The molecule has 1 N–H and O–H groups in total. The summed E-state index contributed by atoms with van der Waals surface area (Å²) in [6.07, 6.45) is 0.281. The molecule has 0 radical (unpaired) electrons. The standard InChI is InChI=1S/C29H36N4O4S/c1-22-16-17-23(2)26(18-22)33(38(36,37)31(4)5)21-28(34)32(20-25-14-10-7-11-15-25)27(29(35)30-3)19-24-12-8-6-9-13-24/h6-18,27H,19-21H2,1-5H3,(H,30,35)/t27-/m1/s1. The number of anilines is 1. The molecule has 9 heteroatoms. The van der Waals surface area contributed by atoms with Crippen LogP contribution < -0.4 is 9.62 Å². The molecule has 38 heavy (non-hydrogen) atoms. The van der Waals surface area contributed by atoms with Gasteiger partial charge in [0.25, 0.3) is 0 Å². The fourth-order valence-electron chi connectivity index (χ4n) is 4.19. The average Bonchev–Trinajstić information content (AvgIpc) is 2.91.